The van der Waals surface area contributed by atoms with Crippen molar-refractivity contribution in [2.45, 2.75) is 0 Å². The van der Waals surface area contributed by atoms with Crippen molar-refractivity contribution in [3.8, 4) is 45.3 Å². The molecule has 252 valence electrons. The Morgan fingerprint density at radius 1 is 0.352 bits per heavy atom. The predicted molar refractivity (Wildman–Crippen MR) is 225 cm³/mol. The van der Waals surface area contributed by atoms with Gasteiger partial charge in [-0.2, -0.15) is 0 Å². The number of nitrogens with zero attached hydrogens (tertiary/aromatic N) is 1. The van der Waals surface area contributed by atoms with E-state index in [1.165, 1.54) is 32.7 Å². The number of ether oxygens (including phenoxy) is 2. The van der Waals surface area contributed by atoms with E-state index in [0.29, 0.717) is 0 Å². The molecule has 0 radical (unpaired) electrons. The van der Waals surface area contributed by atoms with E-state index in [4.69, 9.17) is 9.47 Å². The van der Waals surface area contributed by atoms with Crippen LogP contribution in [0, 0.1) is 0 Å². The highest BCUT2D eigenvalue weighted by molar-refractivity contribution is 6.98. The lowest BCUT2D eigenvalue weighted by molar-refractivity contribution is 0.465. The summed E-state index contributed by atoms with van der Waals surface area (Å²) < 4.78 is 14.0. The minimum Gasteiger partial charge on any atom is -0.458 e. The van der Waals surface area contributed by atoms with Crippen molar-refractivity contribution < 1.29 is 9.47 Å². The van der Waals surface area contributed by atoms with Crippen molar-refractivity contribution in [2.75, 3.05) is 4.90 Å². The third kappa shape index (κ3) is 4.92. The number of rotatable bonds is 5. The first-order valence-corrected chi connectivity index (χ1v) is 18.4. The molecule has 0 saturated heterocycles. The van der Waals surface area contributed by atoms with Gasteiger partial charge in [0.25, 0.3) is 6.71 Å². The van der Waals surface area contributed by atoms with Gasteiger partial charge in [-0.25, -0.2) is 0 Å². The number of benzene rings is 9. The van der Waals surface area contributed by atoms with Crippen molar-refractivity contribution >= 4 is 61.7 Å². The zero-order valence-corrected chi connectivity index (χ0v) is 29.3. The van der Waals surface area contributed by atoms with E-state index in [1.54, 1.807) is 0 Å². The van der Waals surface area contributed by atoms with Crippen LogP contribution in [0.1, 0.15) is 0 Å². The molecule has 0 saturated carbocycles. The van der Waals surface area contributed by atoms with Crippen LogP contribution in [0.4, 0.5) is 17.1 Å². The Hall–Kier alpha value is -7.04. The first kappa shape index (κ1) is 30.6. The van der Waals surface area contributed by atoms with Crippen LogP contribution in [0.5, 0.6) is 23.0 Å². The van der Waals surface area contributed by atoms with Gasteiger partial charge in [-0.3, -0.25) is 0 Å². The molecule has 3 nitrogen and oxygen atoms in total. The van der Waals surface area contributed by atoms with Gasteiger partial charge in [0.15, 0.2) is 0 Å². The lowest BCUT2D eigenvalue weighted by Gasteiger charge is -2.35. The normalized spacial score (nSPS) is 12.3. The average Bonchev–Trinajstić information content (AvgIpc) is 3.23. The molecule has 0 amide bonds. The molecular formula is C50H32BNO2. The van der Waals surface area contributed by atoms with Crippen LogP contribution >= 0.6 is 0 Å². The maximum Gasteiger partial charge on any atom is 0.260 e. The first-order valence-electron chi connectivity index (χ1n) is 18.4. The summed E-state index contributed by atoms with van der Waals surface area (Å²) in [7, 11) is 0. The van der Waals surface area contributed by atoms with Crippen molar-refractivity contribution in [3.63, 3.8) is 0 Å². The summed E-state index contributed by atoms with van der Waals surface area (Å²) in [5.41, 5.74) is 11.0. The molecule has 0 unspecified atom stereocenters. The highest BCUT2D eigenvalue weighted by Gasteiger charge is 2.41. The average molecular weight is 690 g/mol. The second-order valence-electron chi connectivity index (χ2n) is 14.1. The molecule has 0 bridgehead atoms. The Morgan fingerprint density at radius 2 is 0.796 bits per heavy atom. The van der Waals surface area contributed by atoms with Crippen molar-refractivity contribution in [1.29, 1.82) is 0 Å². The van der Waals surface area contributed by atoms with Gasteiger partial charge in [-0.05, 0) is 91.1 Å². The molecule has 0 aliphatic carbocycles. The fourth-order valence-corrected chi connectivity index (χ4v) is 8.50. The fraction of sp³-hybridized carbons (Fsp3) is 0. The van der Waals surface area contributed by atoms with Gasteiger partial charge in [-0.15, -0.1) is 0 Å². The minimum absolute atomic E-state index is 0.0680. The van der Waals surface area contributed by atoms with Crippen LogP contribution in [0.15, 0.2) is 194 Å². The molecule has 2 heterocycles. The van der Waals surface area contributed by atoms with Gasteiger partial charge in [0.05, 0.1) is 5.69 Å². The Morgan fingerprint density at radius 3 is 1.30 bits per heavy atom. The van der Waals surface area contributed by atoms with Crippen LogP contribution < -0.4 is 30.8 Å². The van der Waals surface area contributed by atoms with E-state index in [-0.39, 0.29) is 6.71 Å². The molecule has 11 rings (SSSR count). The maximum absolute atomic E-state index is 7.01. The van der Waals surface area contributed by atoms with E-state index in [9.17, 15) is 0 Å². The van der Waals surface area contributed by atoms with Crippen LogP contribution in [0.3, 0.4) is 0 Å². The lowest BCUT2D eigenvalue weighted by atomic mass is 9.34. The van der Waals surface area contributed by atoms with Crippen LogP contribution in [-0.2, 0) is 0 Å². The minimum atomic E-state index is -0.0680. The Kier molecular flexibility index (Phi) is 6.96. The molecule has 4 heteroatoms. The van der Waals surface area contributed by atoms with E-state index < -0.39 is 0 Å². The SMILES string of the molecule is c1ccc(N(c2ccccc2)c2cc3c4c(c2)Oc2cc(-c5cccc6ccccc56)ccc2B4c2ccc(-c4cccc5ccccc45)cc2O3)cc1. The van der Waals surface area contributed by atoms with Gasteiger partial charge in [-0.1, -0.05) is 146 Å². The van der Waals surface area contributed by atoms with E-state index in [2.05, 4.69) is 199 Å². The molecule has 2 aliphatic heterocycles. The third-order valence-electron chi connectivity index (χ3n) is 11.0. The highest BCUT2D eigenvalue weighted by Crippen LogP contribution is 2.44. The summed E-state index contributed by atoms with van der Waals surface area (Å²) in [6, 6.07) is 68.9. The van der Waals surface area contributed by atoms with Crippen LogP contribution in [0.2, 0.25) is 0 Å². The van der Waals surface area contributed by atoms with E-state index in [1.807, 2.05) is 0 Å². The second kappa shape index (κ2) is 12.3. The smallest absolute Gasteiger partial charge is 0.260 e. The Labute approximate surface area is 314 Å². The van der Waals surface area contributed by atoms with E-state index >= 15 is 0 Å². The second-order valence-corrected chi connectivity index (χ2v) is 14.1. The molecule has 2 aliphatic rings. The van der Waals surface area contributed by atoms with E-state index in [0.717, 1.165) is 67.6 Å². The number of anilines is 3. The highest BCUT2D eigenvalue weighted by atomic mass is 16.5. The topological polar surface area (TPSA) is 21.7 Å². The monoisotopic (exact) mass is 689 g/mol. The molecule has 0 atom stereocenters. The molecule has 54 heavy (non-hydrogen) atoms. The zero-order chi connectivity index (χ0) is 35.6. The summed E-state index contributed by atoms with van der Waals surface area (Å²) in [5, 5.41) is 4.88. The summed E-state index contributed by atoms with van der Waals surface area (Å²) in [4.78, 5) is 2.27. The van der Waals surface area contributed by atoms with Gasteiger partial charge in [0, 0.05) is 29.0 Å². The van der Waals surface area contributed by atoms with Crippen LogP contribution in [0.25, 0.3) is 43.8 Å². The molecule has 0 fully saturated rings. The number of fused-ring (bicyclic) bond motifs is 6. The third-order valence-corrected chi connectivity index (χ3v) is 11.0. The molecule has 0 spiro atoms. The molecule has 0 aromatic heterocycles. The first-order chi connectivity index (χ1) is 26.8. The lowest BCUT2D eigenvalue weighted by Crippen LogP contribution is -2.57. The van der Waals surface area contributed by atoms with Crippen LogP contribution in [-0.4, -0.2) is 6.71 Å². The zero-order valence-electron chi connectivity index (χ0n) is 29.3. The quantitative estimate of drug-likeness (QED) is 0.168. The summed E-state index contributed by atoms with van der Waals surface area (Å²) >= 11 is 0. The molecule has 0 N–H and O–H groups in total. The Bertz CT molecular complexity index is 2700. The fourth-order valence-electron chi connectivity index (χ4n) is 8.50. The van der Waals surface area contributed by atoms with Crippen molar-refractivity contribution in [1.82, 2.24) is 0 Å². The number of hydrogen-bond donors (Lipinski definition) is 0. The number of para-hydroxylation sites is 2. The van der Waals surface area contributed by atoms with Gasteiger partial charge >= 0.3 is 0 Å². The number of hydrogen-bond acceptors (Lipinski definition) is 3. The van der Waals surface area contributed by atoms with Crippen molar-refractivity contribution in [3.05, 3.63) is 194 Å². The largest absolute Gasteiger partial charge is 0.458 e. The molecular weight excluding hydrogens is 657 g/mol. The summed E-state index contributed by atoms with van der Waals surface area (Å²) in [6.07, 6.45) is 0. The summed E-state index contributed by atoms with van der Waals surface area (Å²) in [6.45, 7) is -0.0680. The predicted octanol–water partition coefficient (Wildman–Crippen LogP) is 11.5. The van der Waals surface area contributed by atoms with Gasteiger partial charge in [0.2, 0.25) is 0 Å². The Balaban J connectivity index is 1.12. The molecule has 9 aromatic rings. The van der Waals surface area contributed by atoms with Crippen molar-refractivity contribution in [2.24, 2.45) is 0 Å². The van der Waals surface area contributed by atoms with Gasteiger partial charge in [0.1, 0.15) is 23.0 Å². The standard InChI is InChI=1S/C50H32BNO2/c1-3-17-37(18-4-1)52(38-19-5-2-6-20-38)39-31-48-50-49(32-39)54-47-30-36(43-24-12-16-34-14-8-10-22-41(34)43)26-28-45(47)51(50)44-27-25-35(29-46(44)53-48)42-23-11-15-33-13-7-9-21-40(33)42/h1-32H. The maximum atomic E-state index is 7.01. The van der Waals surface area contributed by atoms with Gasteiger partial charge < -0.3 is 14.4 Å². The summed E-state index contributed by atoms with van der Waals surface area (Å²) in [5.74, 6) is 3.32. The molecule has 9 aromatic carbocycles.